The SMILES string of the molecule is Cc1cc(=O)c2cc3c(c(-n4cc5cc[nH]c5c4)c2o1)OC(C)(C)C(OOCC(O)C(O)C(O)C(O)CO)C3. The van der Waals surface area contributed by atoms with Gasteiger partial charge in [-0.15, -0.1) is 0 Å². The van der Waals surface area contributed by atoms with Gasteiger partial charge in [0.25, 0.3) is 0 Å². The number of aliphatic hydroxyl groups excluding tert-OH is 5. The summed E-state index contributed by atoms with van der Waals surface area (Å²) >= 11 is 0. The van der Waals surface area contributed by atoms with Crippen LogP contribution in [0.25, 0.3) is 27.6 Å². The molecule has 1 aliphatic heterocycles. The van der Waals surface area contributed by atoms with Crippen molar-refractivity contribution < 1.29 is 44.5 Å². The van der Waals surface area contributed by atoms with Gasteiger partial charge in [-0.05, 0) is 32.9 Å². The number of aliphatic hydroxyl groups is 5. The first-order valence-corrected chi connectivity index (χ1v) is 12.6. The Kier molecular flexibility index (Phi) is 7.29. The lowest BCUT2D eigenvalue weighted by Crippen LogP contribution is -2.49. The zero-order valence-electron chi connectivity index (χ0n) is 21.7. The molecule has 0 bridgehead atoms. The van der Waals surface area contributed by atoms with Gasteiger partial charge in [-0.3, -0.25) is 4.79 Å². The average Bonchev–Trinajstić information content (AvgIpc) is 3.49. The molecule has 0 amide bonds. The third-order valence-electron chi connectivity index (χ3n) is 7.06. The van der Waals surface area contributed by atoms with Gasteiger partial charge in [0.15, 0.2) is 16.8 Å². The average molecular weight is 545 g/mol. The number of ether oxygens (including phenoxy) is 1. The smallest absolute Gasteiger partial charge is 0.193 e. The lowest BCUT2D eigenvalue weighted by atomic mass is 9.89. The van der Waals surface area contributed by atoms with Crippen molar-refractivity contribution in [2.75, 3.05) is 13.2 Å². The van der Waals surface area contributed by atoms with Crippen LogP contribution in [0, 0.1) is 6.92 Å². The van der Waals surface area contributed by atoms with E-state index >= 15 is 0 Å². The molecule has 39 heavy (non-hydrogen) atoms. The molecule has 1 aliphatic rings. The summed E-state index contributed by atoms with van der Waals surface area (Å²) in [5, 5.41) is 49.7. The molecule has 0 aliphatic carbocycles. The van der Waals surface area contributed by atoms with Crippen LogP contribution in [0.5, 0.6) is 5.75 Å². The molecule has 5 rings (SSSR count). The van der Waals surface area contributed by atoms with Crippen LogP contribution in [0.2, 0.25) is 0 Å². The number of nitrogens with one attached hydrogen (secondary N) is 1. The highest BCUT2D eigenvalue weighted by atomic mass is 17.2. The molecular weight excluding hydrogens is 512 g/mol. The second-order valence-electron chi connectivity index (χ2n) is 10.4. The van der Waals surface area contributed by atoms with Gasteiger partial charge in [-0.1, -0.05) is 0 Å². The summed E-state index contributed by atoms with van der Waals surface area (Å²) in [5.74, 6) is 0.990. The van der Waals surface area contributed by atoms with Crippen molar-refractivity contribution in [3.05, 3.63) is 58.3 Å². The van der Waals surface area contributed by atoms with Crippen molar-refractivity contribution in [1.82, 2.24) is 9.55 Å². The van der Waals surface area contributed by atoms with E-state index in [1.54, 1.807) is 26.8 Å². The molecular formula is C27H32N2O10. The fourth-order valence-electron chi connectivity index (χ4n) is 4.78. The first kappa shape index (κ1) is 27.3. The number of aryl methyl sites for hydroxylation is 1. The summed E-state index contributed by atoms with van der Waals surface area (Å²) in [4.78, 5) is 26.9. The van der Waals surface area contributed by atoms with E-state index in [4.69, 9.17) is 24.0 Å². The van der Waals surface area contributed by atoms with Gasteiger partial charge < -0.3 is 44.2 Å². The van der Waals surface area contributed by atoms with Crippen molar-refractivity contribution in [2.24, 2.45) is 0 Å². The minimum atomic E-state index is -1.78. The van der Waals surface area contributed by atoms with Crippen LogP contribution in [0.1, 0.15) is 25.2 Å². The highest BCUT2D eigenvalue weighted by Crippen LogP contribution is 2.43. The van der Waals surface area contributed by atoms with Gasteiger partial charge in [0.2, 0.25) is 0 Å². The number of aromatic nitrogens is 2. The van der Waals surface area contributed by atoms with E-state index < -0.39 is 49.3 Å². The fourth-order valence-corrected chi connectivity index (χ4v) is 4.78. The Morgan fingerprint density at radius 1 is 1.15 bits per heavy atom. The third kappa shape index (κ3) is 5.08. The predicted octanol–water partition coefficient (Wildman–Crippen LogP) is 0.840. The molecule has 12 nitrogen and oxygen atoms in total. The van der Waals surface area contributed by atoms with Crippen LogP contribution < -0.4 is 10.2 Å². The summed E-state index contributed by atoms with van der Waals surface area (Å²) in [7, 11) is 0. The lowest BCUT2D eigenvalue weighted by Gasteiger charge is -2.39. The monoisotopic (exact) mass is 544 g/mol. The van der Waals surface area contributed by atoms with Gasteiger partial charge in [0, 0.05) is 42.0 Å². The second kappa shape index (κ2) is 10.4. The minimum Gasteiger partial charge on any atom is -0.482 e. The van der Waals surface area contributed by atoms with E-state index in [0.717, 1.165) is 10.9 Å². The second-order valence-corrected chi connectivity index (χ2v) is 10.4. The normalized spacial score (nSPS) is 19.9. The standard InChI is InChI=1S/C27H32N2O10/c1-13-6-18(31)16-7-15-8-21(39-36-12-20(33)24(35)23(34)19(32)11-30)27(2,3)38-25(15)22(26(16)37-13)29-9-14-4-5-28-17(14)10-29/h4-7,9-10,19-21,23-24,28,30,32-35H,8,11-12H2,1-3H3. The van der Waals surface area contributed by atoms with Gasteiger partial charge in [0.05, 0.1) is 17.5 Å². The zero-order chi connectivity index (χ0) is 28.1. The number of hydrogen-bond acceptors (Lipinski definition) is 10. The Morgan fingerprint density at radius 2 is 1.90 bits per heavy atom. The highest BCUT2D eigenvalue weighted by Gasteiger charge is 2.41. The molecule has 0 saturated carbocycles. The summed E-state index contributed by atoms with van der Waals surface area (Å²) in [6, 6.07) is 5.08. The van der Waals surface area contributed by atoms with Crippen molar-refractivity contribution in [3.63, 3.8) is 0 Å². The molecule has 0 radical (unpaired) electrons. The van der Waals surface area contributed by atoms with Crippen molar-refractivity contribution >= 4 is 21.9 Å². The Balaban J connectivity index is 1.45. The Labute approximate surface area is 222 Å². The molecule has 6 N–H and O–H groups in total. The molecule has 4 aromatic rings. The number of hydrogen-bond donors (Lipinski definition) is 6. The van der Waals surface area contributed by atoms with Gasteiger partial charge in [-0.25, -0.2) is 9.78 Å². The van der Waals surface area contributed by atoms with Crippen molar-refractivity contribution in [2.45, 2.75) is 63.3 Å². The number of fused-ring (bicyclic) bond motifs is 3. The van der Waals surface area contributed by atoms with Crippen LogP contribution >= 0.6 is 0 Å². The van der Waals surface area contributed by atoms with E-state index in [1.807, 2.05) is 29.2 Å². The Morgan fingerprint density at radius 3 is 2.62 bits per heavy atom. The molecule has 1 aromatic carbocycles. The quantitative estimate of drug-likeness (QED) is 0.131. The molecule has 5 unspecified atom stereocenters. The number of nitrogens with zero attached hydrogens (tertiary/aromatic N) is 1. The van der Waals surface area contributed by atoms with Crippen LogP contribution in [-0.4, -0.2) is 84.4 Å². The summed E-state index contributed by atoms with van der Waals surface area (Å²) in [5.41, 5.74) is 1.41. The topological polar surface area (TPSA) is 180 Å². The fraction of sp³-hybridized carbons (Fsp3) is 0.444. The van der Waals surface area contributed by atoms with E-state index in [2.05, 4.69) is 4.98 Å². The third-order valence-corrected chi connectivity index (χ3v) is 7.06. The summed E-state index contributed by atoms with van der Waals surface area (Å²) in [6.45, 7) is 4.00. The Bertz CT molecular complexity index is 1510. The van der Waals surface area contributed by atoms with Gasteiger partial charge in [-0.2, -0.15) is 0 Å². The maximum Gasteiger partial charge on any atom is 0.193 e. The van der Waals surface area contributed by atoms with E-state index in [0.29, 0.717) is 33.7 Å². The highest BCUT2D eigenvalue weighted by molar-refractivity contribution is 5.91. The molecule has 0 spiro atoms. The summed E-state index contributed by atoms with van der Waals surface area (Å²) < 4.78 is 14.4. The molecule has 5 atom stereocenters. The molecule has 210 valence electrons. The number of rotatable bonds is 9. The maximum absolute atomic E-state index is 13.0. The van der Waals surface area contributed by atoms with Crippen molar-refractivity contribution in [3.8, 4) is 11.4 Å². The van der Waals surface area contributed by atoms with E-state index in [9.17, 15) is 25.2 Å². The van der Waals surface area contributed by atoms with Crippen molar-refractivity contribution in [1.29, 1.82) is 0 Å². The van der Waals surface area contributed by atoms with Crippen LogP contribution in [0.15, 0.2) is 46.0 Å². The first-order chi connectivity index (χ1) is 18.5. The van der Waals surface area contributed by atoms with E-state index in [1.165, 1.54) is 6.07 Å². The van der Waals surface area contributed by atoms with Crippen LogP contribution in [-0.2, 0) is 16.2 Å². The predicted molar refractivity (Wildman–Crippen MR) is 139 cm³/mol. The molecule has 4 heterocycles. The molecule has 12 heteroatoms. The first-order valence-electron chi connectivity index (χ1n) is 12.6. The zero-order valence-corrected chi connectivity index (χ0v) is 21.7. The molecule has 0 fully saturated rings. The van der Waals surface area contributed by atoms with Crippen LogP contribution in [0.3, 0.4) is 0 Å². The van der Waals surface area contributed by atoms with Gasteiger partial charge in [0.1, 0.15) is 54.2 Å². The molecule has 3 aromatic heterocycles. The number of benzene rings is 1. The Hall–Kier alpha value is -3.23. The largest absolute Gasteiger partial charge is 0.482 e. The van der Waals surface area contributed by atoms with Crippen LogP contribution in [0.4, 0.5) is 0 Å². The molecule has 0 saturated heterocycles. The van der Waals surface area contributed by atoms with E-state index in [-0.39, 0.29) is 11.8 Å². The maximum atomic E-state index is 13.0. The van der Waals surface area contributed by atoms with Gasteiger partial charge >= 0.3 is 0 Å². The summed E-state index contributed by atoms with van der Waals surface area (Å²) in [6.07, 6.45) is -1.56. The number of aromatic amines is 1. The minimum absolute atomic E-state index is 0.199. The lowest BCUT2D eigenvalue weighted by molar-refractivity contribution is -0.358. The number of H-pyrrole nitrogens is 1.